The van der Waals surface area contributed by atoms with E-state index in [2.05, 4.69) is 144 Å². The number of hydrogen-bond acceptors (Lipinski definition) is 4. The summed E-state index contributed by atoms with van der Waals surface area (Å²) in [4.78, 5) is 16.9. The number of anilines is 1. The molecule has 52 heavy (non-hydrogen) atoms. The summed E-state index contributed by atoms with van der Waals surface area (Å²) in [5.41, 5.74) is 17.9. The number of aromatic nitrogens is 5. The van der Waals surface area contributed by atoms with Gasteiger partial charge in [-0.25, -0.2) is 0 Å². The van der Waals surface area contributed by atoms with E-state index in [1.165, 1.54) is 0 Å². The molecule has 5 heterocycles. The molecule has 6 aromatic rings. The van der Waals surface area contributed by atoms with E-state index in [0.717, 1.165) is 96.8 Å². The minimum absolute atomic E-state index is 0.676. The highest BCUT2D eigenvalue weighted by atomic mass is 15.2. The van der Waals surface area contributed by atoms with Gasteiger partial charge in [0.05, 0.1) is 50.4 Å². The molecule has 8 rings (SSSR count). The molecule has 2 aliphatic rings. The van der Waals surface area contributed by atoms with Gasteiger partial charge in [0.15, 0.2) is 0 Å². The fraction of sp³-hybridized carbons (Fsp3) is 0.130. The molecule has 6 heteroatoms. The van der Waals surface area contributed by atoms with Gasteiger partial charge in [-0.05, 0) is 106 Å². The van der Waals surface area contributed by atoms with Crippen LogP contribution in [0, 0.1) is 6.92 Å². The molecule has 2 aliphatic carbocycles. The Hall–Kier alpha value is -6.49. The highest BCUT2D eigenvalue weighted by molar-refractivity contribution is 6.09. The monoisotopic (exact) mass is 676 g/mol. The van der Waals surface area contributed by atoms with Crippen LogP contribution in [0.15, 0.2) is 157 Å². The van der Waals surface area contributed by atoms with Crippen LogP contribution in [-0.4, -0.2) is 24.1 Å². The zero-order chi connectivity index (χ0) is 35.6. The zero-order valence-corrected chi connectivity index (χ0v) is 29.8. The molecule has 0 amide bonds. The van der Waals surface area contributed by atoms with Crippen molar-refractivity contribution in [3.05, 3.63) is 174 Å². The van der Waals surface area contributed by atoms with Crippen LogP contribution >= 0.6 is 0 Å². The number of allylic oxidation sites excluding steroid dienone is 12. The lowest BCUT2D eigenvalue weighted by atomic mass is 10.1. The Morgan fingerprint density at radius 1 is 0.846 bits per heavy atom. The van der Waals surface area contributed by atoms with Gasteiger partial charge < -0.3 is 14.0 Å². The van der Waals surface area contributed by atoms with Crippen molar-refractivity contribution < 1.29 is 0 Å². The minimum atomic E-state index is 0.676. The van der Waals surface area contributed by atoms with Crippen LogP contribution in [0.25, 0.3) is 56.5 Å². The van der Waals surface area contributed by atoms with E-state index in [9.17, 15) is 0 Å². The van der Waals surface area contributed by atoms with Crippen LogP contribution in [0.5, 0.6) is 0 Å². The summed E-state index contributed by atoms with van der Waals surface area (Å²) < 4.78 is 4.75. The summed E-state index contributed by atoms with van der Waals surface area (Å²) in [5, 5.41) is 1.12. The first-order chi connectivity index (χ1) is 25.5. The fourth-order valence-corrected chi connectivity index (χ4v) is 7.35. The number of para-hydroxylation sites is 1. The fourth-order valence-electron chi connectivity index (χ4n) is 7.35. The molecule has 0 fully saturated rings. The molecular formula is C46H40N6. The summed E-state index contributed by atoms with van der Waals surface area (Å²) >= 11 is 0. The molecule has 1 aromatic carbocycles. The maximum Gasteiger partial charge on any atom is 0.0963 e. The van der Waals surface area contributed by atoms with Crippen LogP contribution in [0.1, 0.15) is 50.1 Å². The number of pyridine rings is 3. The van der Waals surface area contributed by atoms with Crippen molar-refractivity contribution in [1.82, 2.24) is 24.1 Å². The molecule has 0 bridgehead atoms. The van der Waals surface area contributed by atoms with E-state index in [1.807, 2.05) is 42.9 Å². The molecule has 0 N–H and O–H groups in total. The third kappa shape index (κ3) is 5.79. The SMILES string of the molecule is C=C=CC/C=C\C(C)=C(/C)N(C1=CCC(n2c3c(c4ncccc42)C=CCC=C3)=CC(n2c3ccccc3c3ncccc32)=C1)c1cccnc1C. The molecule has 0 saturated heterocycles. The van der Waals surface area contributed by atoms with Crippen LogP contribution in [0.2, 0.25) is 0 Å². The van der Waals surface area contributed by atoms with Crippen LogP contribution in [-0.2, 0) is 0 Å². The molecule has 5 aromatic heterocycles. The first-order valence-electron chi connectivity index (χ1n) is 17.7. The van der Waals surface area contributed by atoms with Gasteiger partial charge in [-0.15, -0.1) is 5.73 Å². The standard InChI is InChI=1S/C46H40N6/c1-5-6-7-9-17-32(2)34(4)50(40-22-14-27-47-33(40)3)35-25-26-36(51-41-20-11-8-10-18-38(41)45-43(51)23-15-28-48-45)31-37(30-35)52-42-21-13-12-19-39(42)46-44(52)24-16-29-49-46/h6,9-25,27-31H,1,7-8,26H2,2-4H3/b17-9-,34-32+. The number of aryl methyl sites for hydroxylation is 1. The Balaban J connectivity index is 1.42. The van der Waals surface area contributed by atoms with Crippen molar-refractivity contribution in [1.29, 1.82) is 0 Å². The highest BCUT2D eigenvalue weighted by Gasteiger charge is 2.24. The van der Waals surface area contributed by atoms with Crippen molar-refractivity contribution in [2.75, 3.05) is 4.90 Å². The van der Waals surface area contributed by atoms with E-state index >= 15 is 0 Å². The van der Waals surface area contributed by atoms with Crippen molar-refractivity contribution in [3.63, 3.8) is 0 Å². The van der Waals surface area contributed by atoms with Gasteiger partial charge in [0.1, 0.15) is 0 Å². The van der Waals surface area contributed by atoms with Gasteiger partial charge >= 0.3 is 0 Å². The molecule has 0 atom stereocenters. The zero-order valence-electron chi connectivity index (χ0n) is 29.8. The normalized spacial score (nSPS) is 14.8. The summed E-state index contributed by atoms with van der Waals surface area (Å²) in [7, 11) is 0. The van der Waals surface area contributed by atoms with E-state index in [1.54, 1.807) is 0 Å². The molecule has 6 nitrogen and oxygen atoms in total. The van der Waals surface area contributed by atoms with Crippen molar-refractivity contribution >= 4 is 62.2 Å². The molecule has 254 valence electrons. The predicted molar refractivity (Wildman–Crippen MR) is 218 cm³/mol. The lowest BCUT2D eigenvalue weighted by Gasteiger charge is -2.29. The van der Waals surface area contributed by atoms with Crippen LogP contribution in [0.3, 0.4) is 0 Å². The van der Waals surface area contributed by atoms with Crippen molar-refractivity contribution in [3.8, 4) is 0 Å². The Labute approximate surface area is 304 Å². The van der Waals surface area contributed by atoms with Gasteiger partial charge in [-0.1, -0.05) is 61.2 Å². The average molecular weight is 677 g/mol. The third-order valence-electron chi connectivity index (χ3n) is 9.89. The molecule has 0 unspecified atom stereocenters. The second kappa shape index (κ2) is 14.0. The number of fused-ring (bicyclic) bond motifs is 6. The number of hydrogen-bond donors (Lipinski definition) is 0. The van der Waals surface area contributed by atoms with Gasteiger partial charge in [0.2, 0.25) is 0 Å². The Morgan fingerprint density at radius 2 is 1.58 bits per heavy atom. The quantitative estimate of drug-likeness (QED) is 0.119. The maximum absolute atomic E-state index is 4.88. The average Bonchev–Trinajstić information content (AvgIpc) is 3.41. The summed E-state index contributed by atoms with van der Waals surface area (Å²) in [5.74, 6) is 0. The Morgan fingerprint density at radius 3 is 2.40 bits per heavy atom. The lowest BCUT2D eigenvalue weighted by Crippen LogP contribution is -2.22. The molecule has 0 spiro atoms. The first kappa shape index (κ1) is 32.7. The largest absolute Gasteiger partial charge is 0.313 e. The smallest absolute Gasteiger partial charge is 0.0963 e. The third-order valence-corrected chi connectivity index (χ3v) is 9.89. The van der Waals surface area contributed by atoms with Crippen molar-refractivity contribution in [2.45, 2.75) is 40.0 Å². The summed E-state index contributed by atoms with van der Waals surface area (Å²) in [6.45, 7) is 10.2. The van der Waals surface area contributed by atoms with Crippen molar-refractivity contribution in [2.24, 2.45) is 0 Å². The highest BCUT2D eigenvalue weighted by Crippen LogP contribution is 2.39. The topological polar surface area (TPSA) is 51.8 Å². The molecule has 0 saturated carbocycles. The lowest BCUT2D eigenvalue weighted by molar-refractivity contribution is 1.02. The van der Waals surface area contributed by atoms with Gasteiger partial charge in [-0.3, -0.25) is 15.0 Å². The number of nitrogens with zero attached hydrogens (tertiary/aromatic N) is 6. The van der Waals surface area contributed by atoms with Crippen LogP contribution < -0.4 is 4.90 Å². The van der Waals surface area contributed by atoms with E-state index in [-0.39, 0.29) is 0 Å². The Bertz CT molecular complexity index is 2590. The second-order valence-electron chi connectivity index (χ2n) is 13.1. The van der Waals surface area contributed by atoms with Gasteiger partial charge in [0.25, 0.3) is 0 Å². The summed E-state index contributed by atoms with van der Waals surface area (Å²) in [6.07, 6.45) is 30.1. The van der Waals surface area contributed by atoms with Gasteiger partial charge in [-0.2, -0.15) is 0 Å². The predicted octanol–water partition coefficient (Wildman–Crippen LogP) is 11.4. The van der Waals surface area contributed by atoms with Gasteiger partial charge in [0, 0.05) is 53.1 Å². The number of benzene rings is 1. The molecular weight excluding hydrogens is 637 g/mol. The summed E-state index contributed by atoms with van der Waals surface area (Å²) in [6, 6.07) is 21.1. The van der Waals surface area contributed by atoms with E-state index in [4.69, 9.17) is 15.0 Å². The molecule has 0 radical (unpaired) electrons. The van der Waals surface area contributed by atoms with E-state index < -0.39 is 0 Å². The maximum atomic E-state index is 4.88. The molecule has 0 aliphatic heterocycles. The second-order valence-corrected chi connectivity index (χ2v) is 13.1. The minimum Gasteiger partial charge on any atom is -0.313 e. The number of rotatable bonds is 8. The van der Waals surface area contributed by atoms with Crippen LogP contribution in [0.4, 0.5) is 5.69 Å². The first-order valence-corrected chi connectivity index (χ1v) is 17.7. The van der Waals surface area contributed by atoms with E-state index in [0.29, 0.717) is 6.42 Å². The Kier molecular flexibility index (Phi) is 8.82.